The van der Waals surface area contributed by atoms with E-state index in [2.05, 4.69) is 16.1 Å². The first-order valence-corrected chi connectivity index (χ1v) is 10.2. The number of carbonyl (C=O) groups excluding carboxylic acids is 1. The Morgan fingerprint density at radius 2 is 1.90 bits per heavy atom. The fraction of sp³-hybridized carbons (Fsp3) is 0.500. The topological polar surface area (TPSA) is 84.9 Å². The molecule has 1 amide bonds. The van der Waals surface area contributed by atoms with Gasteiger partial charge in [-0.3, -0.25) is 0 Å². The normalized spacial score (nSPS) is 13.7. The third kappa shape index (κ3) is 6.06. The maximum absolute atomic E-state index is 12.4. The minimum atomic E-state index is -4.41. The zero-order valence-corrected chi connectivity index (χ0v) is 14.2. The first-order valence-electron chi connectivity index (χ1n) is 6.98. The summed E-state index contributed by atoms with van der Waals surface area (Å²) in [7, 11) is 0. The number of rotatable bonds is 9. The van der Waals surface area contributed by atoms with Crippen molar-refractivity contribution in [2.24, 2.45) is 0 Å². The van der Waals surface area contributed by atoms with Gasteiger partial charge in [0.15, 0.2) is 0 Å². The maximum atomic E-state index is 12.4. The van der Waals surface area contributed by atoms with E-state index in [1.54, 1.807) is 12.1 Å². The van der Waals surface area contributed by atoms with E-state index in [0.29, 0.717) is 10.0 Å². The van der Waals surface area contributed by atoms with Gasteiger partial charge in [-0.15, -0.1) is 0 Å². The van der Waals surface area contributed by atoms with Crippen molar-refractivity contribution in [3.63, 3.8) is 0 Å². The summed E-state index contributed by atoms with van der Waals surface area (Å²) in [5.74, 6) is -0.193. The minimum absolute atomic E-state index is 0.193. The van der Waals surface area contributed by atoms with Crippen LogP contribution in [-0.2, 0) is 16.1 Å². The van der Waals surface area contributed by atoms with Crippen molar-refractivity contribution in [3.05, 3.63) is 24.3 Å². The van der Waals surface area contributed by atoms with Crippen molar-refractivity contribution in [3.8, 4) is 0 Å². The second-order valence-corrected chi connectivity index (χ2v) is 8.76. The number of benzene rings is 1. The Hall–Kier alpha value is -1.07. The molecule has 2 N–H and O–H groups in total. The van der Waals surface area contributed by atoms with Gasteiger partial charge in [0.05, 0.1) is 0 Å². The fourth-order valence-electron chi connectivity index (χ4n) is 1.79. The van der Waals surface area contributed by atoms with Gasteiger partial charge in [0, 0.05) is 0 Å². The van der Waals surface area contributed by atoms with Crippen LogP contribution in [0.2, 0.25) is 0 Å². The summed E-state index contributed by atoms with van der Waals surface area (Å²) in [6.45, 7) is 3.78. The quantitative estimate of drug-likeness (QED) is 0.306. The molecule has 7 heteroatoms. The van der Waals surface area contributed by atoms with E-state index in [9.17, 15) is 8.53 Å². The Morgan fingerprint density at radius 1 is 1.24 bits per heavy atom. The van der Waals surface area contributed by atoms with E-state index in [0.717, 1.165) is 25.7 Å². The van der Waals surface area contributed by atoms with Gasteiger partial charge >= 0.3 is 127 Å². The first-order chi connectivity index (χ1) is 10.0. The Bertz CT molecular complexity index is 489. The second-order valence-electron chi connectivity index (χ2n) is 4.70. The monoisotopic (exact) mass is 359 g/mol. The molecule has 1 aromatic carbocycles. The standard InChI is InChI=1S/C14H22AsNO5/c1-3-4-5-6-11-20-15(18,21-19)13-7-9-14(10-8-13)16-12(2)17/h7-10,19H,3-6,11H2,1-2H3,(H,16,17). The summed E-state index contributed by atoms with van der Waals surface area (Å²) in [6, 6.07) is 6.22. The van der Waals surface area contributed by atoms with E-state index in [-0.39, 0.29) is 12.5 Å². The molecule has 21 heavy (non-hydrogen) atoms. The molecule has 0 aromatic heterocycles. The zero-order chi connectivity index (χ0) is 15.7. The molecule has 6 nitrogen and oxygen atoms in total. The van der Waals surface area contributed by atoms with E-state index in [4.69, 9.17) is 8.98 Å². The van der Waals surface area contributed by atoms with E-state index >= 15 is 0 Å². The average Bonchev–Trinajstić information content (AvgIpc) is 2.47. The van der Waals surface area contributed by atoms with Gasteiger partial charge < -0.3 is 0 Å². The number of amides is 1. The molecule has 1 unspecified atom stereocenters. The van der Waals surface area contributed by atoms with Crippen molar-refractivity contribution in [1.29, 1.82) is 0 Å². The van der Waals surface area contributed by atoms with Crippen LogP contribution in [0.25, 0.3) is 0 Å². The summed E-state index contributed by atoms with van der Waals surface area (Å²) >= 11 is -4.41. The molecule has 0 heterocycles. The van der Waals surface area contributed by atoms with Crippen LogP contribution < -0.4 is 9.67 Å². The molecule has 1 atom stereocenters. The van der Waals surface area contributed by atoms with Crippen LogP contribution in [-0.4, -0.2) is 31.9 Å². The number of carbonyl (C=O) groups is 1. The third-order valence-electron chi connectivity index (χ3n) is 2.87. The van der Waals surface area contributed by atoms with Gasteiger partial charge in [0.25, 0.3) is 0 Å². The molecule has 0 aliphatic rings. The summed E-state index contributed by atoms with van der Waals surface area (Å²) in [4.78, 5) is 10.9. The van der Waals surface area contributed by atoms with Crippen molar-refractivity contribution in [2.45, 2.75) is 39.5 Å². The van der Waals surface area contributed by atoms with Gasteiger partial charge in [-0.25, -0.2) is 0 Å². The summed E-state index contributed by atoms with van der Waals surface area (Å²) in [6.07, 6.45) is 3.95. The van der Waals surface area contributed by atoms with Crippen LogP contribution in [0.1, 0.15) is 39.5 Å². The van der Waals surface area contributed by atoms with Crippen molar-refractivity contribution >= 4 is 30.1 Å². The van der Waals surface area contributed by atoms with E-state index < -0.39 is 14.2 Å². The number of hydrogen-bond donors (Lipinski definition) is 2. The molecular formula is C14H22AsNO5. The molecule has 1 aromatic rings. The molecular weight excluding hydrogens is 337 g/mol. The Kier molecular flexibility index (Phi) is 7.75. The molecule has 0 bridgehead atoms. The molecule has 0 saturated carbocycles. The predicted octanol–water partition coefficient (Wildman–Crippen LogP) is 2.31. The van der Waals surface area contributed by atoms with Gasteiger partial charge in [0.2, 0.25) is 0 Å². The van der Waals surface area contributed by atoms with E-state index in [1.807, 2.05) is 0 Å². The third-order valence-corrected chi connectivity index (χ3v) is 6.37. The van der Waals surface area contributed by atoms with Crippen molar-refractivity contribution in [2.75, 3.05) is 11.9 Å². The van der Waals surface area contributed by atoms with Crippen molar-refractivity contribution < 1.29 is 21.4 Å². The Labute approximate surface area is 127 Å². The van der Waals surface area contributed by atoms with E-state index in [1.165, 1.54) is 19.1 Å². The first kappa shape index (κ1) is 18.0. The number of unbranched alkanes of at least 4 members (excludes halogenated alkanes) is 3. The van der Waals surface area contributed by atoms with Crippen LogP contribution in [0.15, 0.2) is 24.3 Å². The Balaban J connectivity index is 2.65. The Morgan fingerprint density at radius 3 is 2.43 bits per heavy atom. The molecule has 0 aliphatic heterocycles. The second kappa shape index (κ2) is 9.05. The van der Waals surface area contributed by atoms with Crippen molar-refractivity contribution in [1.82, 2.24) is 0 Å². The number of nitrogens with one attached hydrogen (secondary N) is 1. The molecule has 0 spiro atoms. The predicted molar refractivity (Wildman–Crippen MR) is 80.6 cm³/mol. The van der Waals surface area contributed by atoms with Gasteiger partial charge in [-0.1, -0.05) is 0 Å². The fourth-order valence-corrected chi connectivity index (χ4v) is 4.25. The average molecular weight is 359 g/mol. The van der Waals surface area contributed by atoms with Gasteiger partial charge in [0.1, 0.15) is 0 Å². The van der Waals surface area contributed by atoms with Crippen LogP contribution in [0, 0.1) is 0 Å². The van der Waals surface area contributed by atoms with Crippen LogP contribution in [0.5, 0.6) is 0 Å². The van der Waals surface area contributed by atoms with Gasteiger partial charge in [-0.2, -0.15) is 0 Å². The molecule has 1 rings (SSSR count). The molecule has 0 aliphatic carbocycles. The molecule has 0 fully saturated rings. The number of anilines is 1. The SMILES string of the molecule is CCCCCCO[As](=O)(OO)c1ccc(NC(C)=O)cc1. The van der Waals surface area contributed by atoms with Crippen LogP contribution in [0.4, 0.5) is 5.69 Å². The molecule has 0 radical (unpaired) electrons. The summed E-state index contributed by atoms with van der Waals surface area (Å²) in [5, 5.41) is 11.5. The van der Waals surface area contributed by atoms with Crippen LogP contribution >= 0.6 is 0 Å². The summed E-state index contributed by atoms with van der Waals surface area (Å²) < 4.78 is 22.2. The zero-order valence-electron chi connectivity index (χ0n) is 12.4. The van der Waals surface area contributed by atoms with Gasteiger partial charge in [-0.05, 0) is 0 Å². The van der Waals surface area contributed by atoms with Crippen LogP contribution in [0.3, 0.4) is 0 Å². The number of hydrogen-bond acceptors (Lipinski definition) is 5. The molecule has 118 valence electrons. The summed E-state index contributed by atoms with van der Waals surface area (Å²) in [5.41, 5.74) is 0.578. The molecule has 0 saturated heterocycles.